The fourth-order valence-corrected chi connectivity index (χ4v) is 2.16. The summed E-state index contributed by atoms with van der Waals surface area (Å²) >= 11 is 0. The van der Waals surface area contributed by atoms with Crippen LogP contribution < -0.4 is 5.32 Å². The molecule has 0 radical (unpaired) electrons. The molecule has 0 amide bonds. The highest BCUT2D eigenvalue weighted by molar-refractivity contribution is 5.24. The first-order valence-electron chi connectivity index (χ1n) is 7.27. The summed E-state index contributed by atoms with van der Waals surface area (Å²) in [4.78, 5) is 0. The van der Waals surface area contributed by atoms with Gasteiger partial charge in [0.2, 0.25) is 0 Å². The third kappa shape index (κ3) is 5.75. The minimum Gasteiger partial charge on any atom is -0.385 e. The summed E-state index contributed by atoms with van der Waals surface area (Å²) in [6.45, 7) is 10.8. The molecule has 19 heavy (non-hydrogen) atoms. The van der Waals surface area contributed by atoms with E-state index in [4.69, 9.17) is 4.74 Å². The third-order valence-electron chi connectivity index (χ3n) is 3.70. The van der Waals surface area contributed by atoms with Crippen molar-refractivity contribution < 1.29 is 4.74 Å². The van der Waals surface area contributed by atoms with Crippen LogP contribution in [0.4, 0.5) is 0 Å². The van der Waals surface area contributed by atoms with E-state index in [1.165, 1.54) is 11.1 Å². The van der Waals surface area contributed by atoms with Crippen LogP contribution in [-0.4, -0.2) is 20.3 Å². The third-order valence-corrected chi connectivity index (χ3v) is 3.70. The number of benzene rings is 1. The first-order chi connectivity index (χ1) is 8.98. The van der Waals surface area contributed by atoms with Gasteiger partial charge in [0.25, 0.3) is 0 Å². The van der Waals surface area contributed by atoms with Gasteiger partial charge in [0, 0.05) is 26.3 Å². The molecular formula is C17H29NO. The molecule has 0 fully saturated rings. The maximum atomic E-state index is 5.18. The number of hydrogen-bond donors (Lipinski definition) is 1. The van der Waals surface area contributed by atoms with Gasteiger partial charge in [-0.2, -0.15) is 0 Å². The summed E-state index contributed by atoms with van der Waals surface area (Å²) in [5.41, 5.74) is 2.98. The predicted molar refractivity (Wildman–Crippen MR) is 82.5 cm³/mol. The SMILES string of the molecule is CCC(NCC(C)(C)CCOC)c1ccc(C)cc1. The van der Waals surface area contributed by atoms with Crippen LogP contribution in [0.3, 0.4) is 0 Å². The summed E-state index contributed by atoms with van der Waals surface area (Å²) in [5.74, 6) is 0. The lowest BCUT2D eigenvalue weighted by Crippen LogP contribution is -2.33. The molecule has 0 bridgehead atoms. The molecule has 1 atom stereocenters. The van der Waals surface area contributed by atoms with Crippen LogP contribution in [0.5, 0.6) is 0 Å². The van der Waals surface area contributed by atoms with Gasteiger partial charge >= 0.3 is 0 Å². The highest BCUT2D eigenvalue weighted by Gasteiger charge is 2.19. The monoisotopic (exact) mass is 263 g/mol. The lowest BCUT2D eigenvalue weighted by Gasteiger charge is -2.28. The van der Waals surface area contributed by atoms with E-state index in [1.807, 2.05) is 0 Å². The molecule has 0 saturated carbocycles. The van der Waals surface area contributed by atoms with E-state index < -0.39 is 0 Å². The zero-order valence-electron chi connectivity index (χ0n) is 13.1. The van der Waals surface area contributed by atoms with Crippen LogP contribution >= 0.6 is 0 Å². The van der Waals surface area contributed by atoms with E-state index in [9.17, 15) is 0 Å². The van der Waals surface area contributed by atoms with Crippen molar-refractivity contribution in [2.75, 3.05) is 20.3 Å². The minimum absolute atomic E-state index is 0.272. The van der Waals surface area contributed by atoms with Crippen molar-refractivity contribution in [2.24, 2.45) is 5.41 Å². The van der Waals surface area contributed by atoms with Crippen molar-refractivity contribution >= 4 is 0 Å². The Balaban J connectivity index is 2.55. The molecule has 1 rings (SSSR count). The van der Waals surface area contributed by atoms with E-state index in [2.05, 4.69) is 57.3 Å². The molecule has 0 aliphatic rings. The fraction of sp³-hybridized carbons (Fsp3) is 0.647. The molecule has 1 aromatic rings. The van der Waals surface area contributed by atoms with E-state index >= 15 is 0 Å². The van der Waals surface area contributed by atoms with Gasteiger partial charge in [0.1, 0.15) is 0 Å². The quantitative estimate of drug-likeness (QED) is 0.762. The van der Waals surface area contributed by atoms with Gasteiger partial charge in [-0.3, -0.25) is 0 Å². The Morgan fingerprint density at radius 1 is 1.21 bits per heavy atom. The van der Waals surface area contributed by atoms with Crippen LogP contribution in [0, 0.1) is 12.3 Å². The van der Waals surface area contributed by atoms with Crippen molar-refractivity contribution in [2.45, 2.75) is 46.6 Å². The Morgan fingerprint density at radius 2 is 1.84 bits per heavy atom. The second kappa shape index (κ2) is 7.66. The van der Waals surface area contributed by atoms with Crippen molar-refractivity contribution in [1.82, 2.24) is 5.32 Å². The number of ether oxygens (including phenoxy) is 1. The van der Waals surface area contributed by atoms with Crippen LogP contribution in [0.2, 0.25) is 0 Å². The normalized spacial score (nSPS) is 13.5. The maximum Gasteiger partial charge on any atom is 0.0467 e. The van der Waals surface area contributed by atoms with Crippen molar-refractivity contribution in [3.63, 3.8) is 0 Å². The molecule has 2 heteroatoms. The standard InChI is InChI=1S/C17H29NO/c1-6-16(15-9-7-14(2)8-10-15)18-13-17(3,4)11-12-19-5/h7-10,16,18H,6,11-13H2,1-5H3. The summed E-state index contributed by atoms with van der Waals surface area (Å²) in [6, 6.07) is 9.30. The summed E-state index contributed by atoms with van der Waals surface area (Å²) < 4.78 is 5.18. The molecule has 2 nitrogen and oxygen atoms in total. The Bertz CT molecular complexity index is 356. The molecule has 108 valence electrons. The largest absolute Gasteiger partial charge is 0.385 e. The van der Waals surface area contributed by atoms with Crippen molar-refractivity contribution in [3.05, 3.63) is 35.4 Å². The van der Waals surface area contributed by atoms with Gasteiger partial charge in [-0.1, -0.05) is 50.6 Å². The average molecular weight is 263 g/mol. The number of rotatable bonds is 8. The maximum absolute atomic E-state index is 5.18. The highest BCUT2D eigenvalue weighted by Crippen LogP contribution is 2.23. The molecule has 1 unspecified atom stereocenters. The smallest absolute Gasteiger partial charge is 0.0467 e. The lowest BCUT2D eigenvalue weighted by molar-refractivity contribution is 0.148. The second-order valence-corrected chi connectivity index (χ2v) is 6.16. The van der Waals surface area contributed by atoms with Gasteiger partial charge in [0.15, 0.2) is 0 Å². The van der Waals surface area contributed by atoms with Crippen molar-refractivity contribution in [1.29, 1.82) is 0 Å². The lowest BCUT2D eigenvalue weighted by atomic mass is 9.89. The predicted octanol–water partition coefficient (Wildman–Crippen LogP) is 4.10. The molecule has 0 saturated heterocycles. The van der Waals surface area contributed by atoms with E-state index in [0.29, 0.717) is 6.04 Å². The zero-order valence-corrected chi connectivity index (χ0v) is 13.1. The molecule has 0 aliphatic heterocycles. The van der Waals surface area contributed by atoms with E-state index in [-0.39, 0.29) is 5.41 Å². The van der Waals surface area contributed by atoms with E-state index in [0.717, 1.165) is 26.0 Å². The van der Waals surface area contributed by atoms with Crippen LogP contribution in [0.25, 0.3) is 0 Å². The number of methoxy groups -OCH3 is 1. The van der Waals surface area contributed by atoms with Crippen LogP contribution in [-0.2, 0) is 4.74 Å². The summed E-state index contributed by atoms with van der Waals surface area (Å²) in [7, 11) is 1.77. The van der Waals surface area contributed by atoms with Crippen LogP contribution in [0.1, 0.15) is 50.8 Å². The summed E-state index contributed by atoms with van der Waals surface area (Å²) in [6.07, 6.45) is 2.20. The first kappa shape index (κ1) is 16.2. The number of nitrogens with one attached hydrogen (secondary N) is 1. The van der Waals surface area contributed by atoms with Gasteiger partial charge < -0.3 is 10.1 Å². The Morgan fingerprint density at radius 3 is 2.37 bits per heavy atom. The molecule has 0 spiro atoms. The molecule has 1 aromatic carbocycles. The fourth-order valence-electron chi connectivity index (χ4n) is 2.16. The molecule has 0 aromatic heterocycles. The first-order valence-corrected chi connectivity index (χ1v) is 7.27. The Kier molecular flexibility index (Phi) is 6.53. The highest BCUT2D eigenvalue weighted by atomic mass is 16.5. The van der Waals surface area contributed by atoms with E-state index in [1.54, 1.807) is 7.11 Å². The Hall–Kier alpha value is -0.860. The van der Waals surface area contributed by atoms with Crippen molar-refractivity contribution in [3.8, 4) is 0 Å². The topological polar surface area (TPSA) is 21.3 Å². The molecule has 0 aliphatic carbocycles. The number of hydrogen-bond acceptors (Lipinski definition) is 2. The second-order valence-electron chi connectivity index (χ2n) is 6.16. The minimum atomic E-state index is 0.272. The number of aryl methyl sites for hydroxylation is 1. The van der Waals surface area contributed by atoms with Gasteiger partial charge in [-0.25, -0.2) is 0 Å². The van der Waals surface area contributed by atoms with Gasteiger partial charge in [0.05, 0.1) is 0 Å². The Labute approximate surface area is 118 Å². The summed E-state index contributed by atoms with van der Waals surface area (Å²) in [5, 5.41) is 3.70. The average Bonchev–Trinajstić information content (AvgIpc) is 2.39. The van der Waals surface area contributed by atoms with Crippen LogP contribution in [0.15, 0.2) is 24.3 Å². The molecular weight excluding hydrogens is 234 g/mol. The van der Waals surface area contributed by atoms with Gasteiger partial charge in [-0.05, 0) is 30.7 Å². The molecule has 1 N–H and O–H groups in total. The molecule has 0 heterocycles. The zero-order chi connectivity index (χ0) is 14.3. The van der Waals surface area contributed by atoms with Gasteiger partial charge in [-0.15, -0.1) is 0 Å².